The molecule has 5 rings (SSSR count). The molecule has 3 N–H and O–H groups in total. The maximum Gasteiger partial charge on any atom is 0.330 e. The Morgan fingerprint density at radius 3 is 2.54 bits per heavy atom. The van der Waals surface area contributed by atoms with Crippen LogP contribution in [0.3, 0.4) is 0 Å². The standard InChI is InChI=1S/C30H44O7/c1-18-9-10-25(3)11-13-27(5)23-20(32)16-28(19(2)31)17-37-22(33)8-7-21(28)26(23,4)12-14-29(27,24(34)36-6)30(25,35)15-18/h7-9,19-21,23,31-32,35H,10-17H2,1-6H3/t19-,20+,21+,23-,25+,26-,27+,28-,29-,30-/m0/s1. The second kappa shape index (κ2) is 8.15. The first-order valence-electron chi connectivity index (χ1n) is 13.8. The van der Waals surface area contributed by atoms with Crippen molar-refractivity contribution >= 4 is 11.9 Å². The monoisotopic (exact) mass is 516 g/mol. The van der Waals surface area contributed by atoms with Crippen molar-refractivity contribution in [2.45, 2.75) is 97.4 Å². The van der Waals surface area contributed by atoms with Crippen molar-refractivity contribution in [3.05, 3.63) is 23.8 Å². The number of carbonyl (C=O) groups excluding carboxylic acids is 2. The lowest BCUT2D eigenvalue weighted by Crippen LogP contribution is -2.78. The van der Waals surface area contributed by atoms with E-state index in [2.05, 4.69) is 26.8 Å². The Labute approximate surface area is 220 Å². The largest absolute Gasteiger partial charge is 0.468 e. The molecule has 1 heterocycles. The highest BCUT2D eigenvalue weighted by molar-refractivity contribution is 5.82. The van der Waals surface area contributed by atoms with Gasteiger partial charge in [-0.2, -0.15) is 0 Å². The number of rotatable bonds is 2. The number of allylic oxidation sites excluding steroid dienone is 2. The van der Waals surface area contributed by atoms with Gasteiger partial charge in [-0.15, -0.1) is 0 Å². The van der Waals surface area contributed by atoms with Crippen LogP contribution in [0.15, 0.2) is 23.8 Å². The van der Waals surface area contributed by atoms with Crippen LogP contribution in [0.4, 0.5) is 0 Å². The van der Waals surface area contributed by atoms with Crippen LogP contribution in [-0.2, 0) is 19.1 Å². The molecule has 0 unspecified atom stereocenters. The number of esters is 2. The third-order valence-electron chi connectivity index (χ3n) is 12.3. The van der Waals surface area contributed by atoms with Crippen LogP contribution in [0.25, 0.3) is 0 Å². The topological polar surface area (TPSA) is 113 Å². The number of fused-ring (bicyclic) bond motifs is 7. The van der Waals surface area contributed by atoms with Gasteiger partial charge in [0.1, 0.15) is 12.0 Å². The first-order valence-corrected chi connectivity index (χ1v) is 13.8. The van der Waals surface area contributed by atoms with Crippen LogP contribution in [0.5, 0.6) is 0 Å². The Balaban J connectivity index is 1.73. The Hall–Kier alpha value is -1.70. The van der Waals surface area contributed by atoms with Gasteiger partial charge >= 0.3 is 11.9 Å². The number of cyclic esters (lactones) is 1. The third kappa shape index (κ3) is 3.05. The van der Waals surface area contributed by atoms with Gasteiger partial charge in [0.2, 0.25) is 0 Å². The maximum atomic E-state index is 14.1. The summed E-state index contributed by atoms with van der Waals surface area (Å²) in [7, 11) is 1.40. The number of ether oxygens (including phenoxy) is 2. The average Bonchev–Trinajstić information content (AvgIpc) is 3.00. The van der Waals surface area contributed by atoms with Crippen LogP contribution < -0.4 is 0 Å². The van der Waals surface area contributed by atoms with Gasteiger partial charge in [0.05, 0.1) is 24.9 Å². The fourth-order valence-electron chi connectivity index (χ4n) is 10.4. The van der Waals surface area contributed by atoms with Crippen molar-refractivity contribution in [1.82, 2.24) is 0 Å². The van der Waals surface area contributed by atoms with E-state index in [0.29, 0.717) is 32.1 Å². The van der Waals surface area contributed by atoms with E-state index in [9.17, 15) is 24.9 Å². The highest BCUT2D eigenvalue weighted by Gasteiger charge is 2.80. The van der Waals surface area contributed by atoms with Gasteiger partial charge in [0, 0.05) is 16.9 Å². The fraction of sp³-hybridized carbons (Fsp3) is 0.800. The summed E-state index contributed by atoms with van der Waals surface area (Å²) in [6, 6.07) is 0. The second-order valence-electron chi connectivity index (χ2n) is 13.8. The molecule has 0 spiro atoms. The molecule has 0 aromatic heterocycles. The van der Waals surface area contributed by atoms with Crippen molar-refractivity contribution in [1.29, 1.82) is 0 Å². The molecular weight excluding hydrogens is 472 g/mol. The van der Waals surface area contributed by atoms with Gasteiger partial charge < -0.3 is 24.8 Å². The summed E-state index contributed by atoms with van der Waals surface area (Å²) in [5.74, 6) is -1.44. The third-order valence-corrected chi connectivity index (χ3v) is 12.3. The van der Waals surface area contributed by atoms with E-state index in [4.69, 9.17) is 9.47 Å². The molecule has 206 valence electrons. The molecule has 5 aliphatic rings. The first-order chi connectivity index (χ1) is 17.2. The molecule has 3 fully saturated rings. The van der Waals surface area contributed by atoms with Crippen LogP contribution in [0.2, 0.25) is 0 Å². The Morgan fingerprint density at radius 2 is 1.89 bits per heavy atom. The molecule has 7 heteroatoms. The Bertz CT molecular complexity index is 1060. The molecule has 0 bridgehead atoms. The van der Waals surface area contributed by atoms with Crippen molar-refractivity contribution in [3.63, 3.8) is 0 Å². The zero-order chi connectivity index (χ0) is 27.2. The molecule has 0 saturated heterocycles. The average molecular weight is 517 g/mol. The minimum absolute atomic E-state index is 0.0331. The molecule has 3 saturated carbocycles. The zero-order valence-electron chi connectivity index (χ0n) is 23.2. The Kier molecular flexibility index (Phi) is 5.93. The molecule has 0 aromatic rings. The van der Waals surface area contributed by atoms with E-state index >= 15 is 0 Å². The minimum atomic E-state index is -1.32. The predicted molar refractivity (Wildman–Crippen MR) is 137 cm³/mol. The van der Waals surface area contributed by atoms with E-state index in [-0.39, 0.29) is 24.9 Å². The van der Waals surface area contributed by atoms with Crippen molar-refractivity contribution in [2.24, 2.45) is 38.9 Å². The summed E-state index contributed by atoms with van der Waals surface area (Å²) in [5.41, 5.74) is -4.09. The van der Waals surface area contributed by atoms with Crippen LogP contribution in [0, 0.1) is 38.9 Å². The van der Waals surface area contributed by atoms with E-state index in [1.54, 1.807) is 6.92 Å². The molecule has 10 atom stereocenters. The van der Waals surface area contributed by atoms with Crippen LogP contribution >= 0.6 is 0 Å². The summed E-state index contributed by atoms with van der Waals surface area (Å²) < 4.78 is 11.0. The minimum Gasteiger partial charge on any atom is -0.468 e. The SMILES string of the molecule is COC(=O)[C@@]12CC[C@@]3(C)[C@H]4C=CC(=O)OC[C@]4([C@H](C)O)C[C@@H](O)[C@@H]3[C@@]1(C)CC[C@@]1(C)CC=C(C)C[C@]12O. The number of hydrogen-bond acceptors (Lipinski definition) is 7. The van der Waals surface area contributed by atoms with Gasteiger partial charge in [-0.1, -0.05) is 38.5 Å². The molecule has 37 heavy (non-hydrogen) atoms. The first kappa shape index (κ1) is 26.9. The molecule has 0 radical (unpaired) electrons. The maximum absolute atomic E-state index is 14.1. The molecular formula is C30H44O7. The molecule has 1 aliphatic heterocycles. The number of aliphatic hydroxyl groups excluding tert-OH is 2. The lowest BCUT2D eigenvalue weighted by Gasteiger charge is -2.75. The van der Waals surface area contributed by atoms with Crippen molar-refractivity contribution in [2.75, 3.05) is 13.7 Å². The van der Waals surface area contributed by atoms with Gasteiger partial charge in [-0.3, -0.25) is 4.79 Å². The van der Waals surface area contributed by atoms with E-state index in [1.165, 1.54) is 13.2 Å². The summed E-state index contributed by atoms with van der Waals surface area (Å²) >= 11 is 0. The highest BCUT2D eigenvalue weighted by atomic mass is 16.5. The van der Waals surface area contributed by atoms with Crippen LogP contribution in [0.1, 0.15) is 79.6 Å². The van der Waals surface area contributed by atoms with E-state index in [1.807, 2.05) is 13.0 Å². The quantitative estimate of drug-likeness (QED) is 0.379. The lowest BCUT2D eigenvalue weighted by molar-refractivity contribution is -0.318. The lowest BCUT2D eigenvalue weighted by atomic mass is 9.29. The fourth-order valence-corrected chi connectivity index (χ4v) is 10.4. The van der Waals surface area contributed by atoms with E-state index < -0.39 is 56.8 Å². The number of aliphatic hydroxyl groups is 3. The van der Waals surface area contributed by atoms with Crippen molar-refractivity contribution < 1.29 is 34.4 Å². The number of hydrogen-bond donors (Lipinski definition) is 3. The summed E-state index contributed by atoms with van der Waals surface area (Å²) in [6.45, 7) is 10.1. The van der Waals surface area contributed by atoms with Gasteiger partial charge in [-0.25, -0.2) is 4.79 Å². The Morgan fingerprint density at radius 1 is 1.19 bits per heavy atom. The van der Waals surface area contributed by atoms with Gasteiger partial charge in [-0.05, 0) is 81.5 Å². The number of carbonyl (C=O) groups is 2. The predicted octanol–water partition coefficient (Wildman–Crippen LogP) is 3.70. The molecule has 4 aliphatic carbocycles. The summed E-state index contributed by atoms with van der Waals surface area (Å²) in [6.07, 6.45) is 7.54. The van der Waals surface area contributed by atoms with Gasteiger partial charge in [0.25, 0.3) is 0 Å². The van der Waals surface area contributed by atoms with Crippen LogP contribution in [-0.4, -0.2) is 58.8 Å². The summed E-state index contributed by atoms with van der Waals surface area (Å²) in [4.78, 5) is 26.4. The zero-order valence-corrected chi connectivity index (χ0v) is 23.2. The smallest absolute Gasteiger partial charge is 0.330 e. The molecule has 7 nitrogen and oxygen atoms in total. The summed E-state index contributed by atoms with van der Waals surface area (Å²) in [5, 5.41) is 35.9. The number of methoxy groups -OCH3 is 1. The van der Waals surface area contributed by atoms with E-state index in [0.717, 1.165) is 12.0 Å². The normalized spacial score (nSPS) is 51.8. The van der Waals surface area contributed by atoms with Gasteiger partial charge in [0.15, 0.2) is 0 Å². The highest BCUT2D eigenvalue weighted by Crippen LogP contribution is 2.78. The second-order valence-corrected chi connectivity index (χ2v) is 13.8. The van der Waals surface area contributed by atoms with Crippen molar-refractivity contribution in [3.8, 4) is 0 Å². The molecule has 0 aromatic carbocycles. The molecule has 0 amide bonds.